The number of nitrogens with zero attached hydrogens (tertiary/aromatic N) is 4. The first-order valence-electron chi connectivity index (χ1n) is 14.7. The molecule has 6 aromatic rings. The SMILES string of the molecule is Nc1cccc(N=Nc2c(S(=O)(=O)O)cc3cc(NC(=O)Nc4ccc5c(O)c(N=Nc6cccc(N)c6)c(S(=O)(=O)O)cc5c4)ccc3c2O)c1.[Na+]. The fourth-order valence-electron chi connectivity index (χ4n) is 5.13. The number of rotatable bonds is 8. The third-order valence-corrected chi connectivity index (χ3v) is 9.18. The van der Waals surface area contributed by atoms with Crippen LogP contribution in [-0.2, 0) is 20.2 Å². The molecule has 53 heavy (non-hydrogen) atoms. The van der Waals surface area contributed by atoms with E-state index in [0.29, 0.717) is 11.4 Å². The van der Waals surface area contributed by atoms with Gasteiger partial charge in [-0.2, -0.15) is 27.1 Å². The summed E-state index contributed by atoms with van der Waals surface area (Å²) in [6.07, 6.45) is 0. The van der Waals surface area contributed by atoms with Gasteiger partial charge in [0, 0.05) is 33.5 Å². The van der Waals surface area contributed by atoms with Gasteiger partial charge in [-0.05, 0) is 95.7 Å². The Bertz CT molecular complexity index is 2540. The van der Waals surface area contributed by atoms with E-state index in [4.69, 9.17) is 11.5 Å². The van der Waals surface area contributed by atoms with Gasteiger partial charge in [-0.1, -0.05) is 12.1 Å². The van der Waals surface area contributed by atoms with Crippen LogP contribution in [0, 0.1) is 0 Å². The number of carbonyl (C=O) groups excluding carboxylic acids is 1. The summed E-state index contributed by atoms with van der Waals surface area (Å²) in [6, 6.07) is 21.9. The molecule has 0 saturated carbocycles. The molecule has 6 rings (SSSR count). The van der Waals surface area contributed by atoms with E-state index in [0.717, 1.165) is 12.1 Å². The van der Waals surface area contributed by atoms with Gasteiger partial charge in [0.15, 0.2) is 11.5 Å². The predicted molar refractivity (Wildman–Crippen MR) is 194 cm³/mol. The average Bonchev–Trinajstić information content (AvgIpc) is 3.06. The van der Waals surface area contributed by atoms with Crippen LogP contribution in [0.4, 0.5) is 50.3 Å². The zero-order valence-corrected chi connectivity index (χ0v) is 31.0. The molecule has 0 spiro atoms. The zero-order chi connectivity index (χ0) is 37.4. The monoisotopic (exact) mass is 765 g/mol. The molecule has 17 nitrogen and oxygen atoms in total. The molecule has 0 saturated heterocycles. The second-order valence-corrected chi connectivity index (χ2v) is 13.9. The number of fused-ring (bicyclic) bond motifs is 2. The maximum Gasteiger partial charge on any atom is 1.00 e. The molecule has 6 aromatic carbocycles. The summed E-state index contributed by atoms with van der Waals surface area (Å²) in [5.41, 5.74) is 12.0. The number of hydrogen-bond acceptors (Lipinski definition) is 13. The maximum absolute atomic E-state index is 13.0. The van der Waals surface area contributed by atoms with E-state index in [1.165, 1.54) is 48.5 Å². The van der Waals surface area contributed by atoms with Crippen molar-refractivity contribution in [3.05, 3.63) is 97.1 Å². The van der Waals surface area contributed by atoms with Crippen molar-refractivity contribution in [2.75, 3.05) is 22.1 Å². The molecule has 2 amide bonds. The number of amides is 2. The average molecular weight is 766 g/mol. The van der Waals surface area contributed by atoms with Gasteiger partial charge in [0.2, 0.25) is 0 Å². The molecule has 0 aliphatic heterocycles. The standard InChI is InChI=1S/C33H26N8O9S2.Na/c34-19-3-1-5-23(15-19)38-40-29-27(51(45,46)47)13-17-11-21(7-9-25(17)31(29)42)36-33(44)37-22-8-10-26-18(12-22)14-28(52(48,49)50)30(32(26)43)41-39-24-6-2-4-20(35)16-24;/h1-16,42-43H,34-35H2,(H2,36,37,44)(H,45,46,47)(H,48,49,50);/q;+1. The molecule has 0 fully saturated rings. The summed E-state index contributed by atoms with van der Waals surface area (Å²) in [5, 5.41) is 43.0. The molecule has 0 aliphatic rings. The van der Waals surface area contributed by atoms with E-state index < -0.39 is 58.9 Å². The first-order valence-corrected chi connectivity index (χ1v) is 17.6. The van der Waals surface area contributed by atoms with E-state index in [1.54, 1.807) is 36.4 Å². The molecular formula is C33H26N8NaO9S2+. The summed E-state index contributed by atoms with van der Waals surface area (Å²) in [6.45, 7) is 0. The Hall–Kier alpha value is -5.67. The van der Waals surface area contributed by atoms with Crippen LogP contribution in [0.15, 0.2) is 127 Å². The van der Waals surface area contributed by atoms with Crippen LogP contribution in [0.25, 0.3) is 21.5 Å². The fraction of sp³-hybridized carbons (Fsp3) is 0. The van der Waals surface area contributed by atoms with Crippen molar-refractivity contribution in [1.29, 1.82) is 0 Å². The van der Waals surface area contributed by atoms with Crippen LogP contribution in [-0.4, -0.2) is 42.2 Å². The molecular weight excluding hydrogens is 740 g/mol. The van der Waals surface area contributed by atoms with Gasteiger partial charge in [0.05, 0.1) is 11.4 Å². The number of nitrogens with two attached hydrogens (primary N) is 2. The minimum absolute atomic E-state index is 0. The Morgan fingerprint density at radius 1 is 0.566 bits per heavy atom. The number of anilines is 4. The van der Waals surface area contributed by atoms with Gasteiger partial charge in [0.25, 0.3) is 20.2 Å². The number of urea groups is 1. The summed E-state index contributed by atoms with van der Waals surface area (Å²) in [7, 11) is -9.83. The maximum atomic E-state index is 13.0. The Kier molecular flexibility index (Phi) is 11.0. The summed E-state index contributed by atoms with van der Waals surface area (Å²) in [4.78, 5) is 11.5. The number of benzene rings is 6. The van der Waals surface area contributed by atoms with Crippen molar-refractivity contribution in [2.45, 2.75) is 9.79 Å². The molecule has 10 N–H and O–H groups in total. The number of nitrogens with one attached hydrogen (secondary N) is 2. The second-order valence-electron chi connectivity index (χ2n) is 11.1. The van der Waals surface area contributed by atoms with Gasteiger partial charge in [-0.3, -0.25) is 9.11 Å². The fourth-order valence-corrected chi connectivity index (χ4v) is 6.44. The van der Waals surface area contributed by atoms with Gasteiger partial charge in [0.1, 0.15) is 21.2 Å². The predicted octanol–water partition coefficient (Wildman–Crippen LogP) is 4.54. The van der Waals surface area contributed by atoms with Crippen LogP contribution in [0.1, 0.15) is 0 Å². The van der Waals surface area contributed by atoms with Crippen LogP contribution < -0.4 is 51.7 Å². The minimum atomic E-state index is -4.92. The number of aromatic hydroxyl groups is 2. The van der Waals surface area contributed by atoms with Gasteiger partial charge in [-0.15, -0.1) is 10.2 Å². The van der Waals surface area contributed by atoms with Gasteiger partial charge >= 0.3 is 35.6 Å². The third-order valence-electron chi connectivity index (χ3n) is 7.44. The molecule has 264 valence electrons. The molecule has 0 unspecified atom stereocenters. The van der Waals surface area contributed by atoms with Crippen molar-refractivity contribution in [3.63, 3.8) is 0 Å². The van der Waals surface area contributed by atoms with Gasteiger partial charge in [-0.25, -0.2) is 4.79 Å². The zero-order valence-electron chi connectivity index (χ0n) is 27.3. The quantitative estimate of drug-likeness (QED) is 0.0460. The number of phenols is 2. The van der Waals surface area contributed by atoms with Gasteiger partial charge < -0.3 is 32.3 Å². The van der Waals surface area contributed by atoms with Crippen molar-refractivity contribution < 1.29 is 70.5 Å². The minimum Gasteiger partial charge on any atom is -0.505 e. The van der Waals surface area contributed by atoms with E-state index in [-0.39, 0.29) is 73.9 Å². The molecule has 0 radical (unpaired) electrons. The number of phenolic OH excluding ortho intramolecular Hbond substituents is 2. The van der Waals surface area contributed by atoms with Crippen LogP contribution in [0.2, 0.25) is 0 Å². The van der Waals surface area contributed by atoms with Crippen LogP contribution in [0.3, 0.4) is 0 Å². The van der Waals surface area contributed by atoms with Crippen molar-refractivity contribution in [1.82, 2.24) is 0 Å². The largest absolute Gasteiger partial charge is 1.00 e. The topological polar surface area (TPSA) is 292 Å². The number of azo groups is 2. The molecule has 0 aliphatic carbocycles. The van der Waals surface area contributed by atoms with E-state index in [9.17, 15) is 40.9 Å². The smallest absolute Gasteiger partial charge is 0.505 e. The Morgan fingerprint density at radius 2 is 0.962 bits per heavy atom. The van der Waals surface area contributed by atoms with E-state index in [2.05, 4.69) is 31.1 Å². The number of hydrogen-bond donors (Lipinski definition) is 8. The molecule has 20 heteroatoms. The third kappa shape index (κ3) is 8.69. The summed E-state index contributed by atoms with van der Waals surface area (Å²) in [5.74, 6) is -1.21. The van der Waals surface area contributed by atoms with Crippen molar-refractivity contribution in [2.24, 2.45) is 20.5 Å². The number of carbonyl (C=O) groups is 1. The van der Waals surface area contributed by atoms with Crippen molar-refractivity contribution in [3.8, 4) is 11.5 Å². The molecule has 0 aromatic heterocycles. The Labute approximate surface area is 322 Å². The second kappa shape index (κ2) is 15.1. The Balaban J connectivity index is 0.00000541. The first kappa shape index (κ1) is 38.6. The summed E-state index contributed by atoms with van der Waals surface area (Å²) >= 11 is 0. The summed E-state index contributed by atoms with van der Waals surface area (Å²) < 4.78 is 68.9. The number of nitrogen functional groups attached to an aromatic ring is 2. The van der Waals surface area contributed by atoms with Crippen molar-refractivity contribution >= 4 is 93.3 Å². The molecule has 0 heterocycles. The molecule has 0 bridgehead atoms. The first-order chi connectivity index (χ1) is 24.6. The van der Waals surface area contributed by atoms with Crippen LogP contribution in [0.5, 0.6) is 11.5 Å². The van der Waals surface area contributed by atoms with E-state index >= 15 is 0 Å². The normalized spacial score (nSPS) is 12.0. The van der Waals surface area contributed by atoms with Crippen LogP contribution >= 0.6 is 0 Å². The Morgan fingerprint density at radius 3 is 1.32 bits per heavy atom. The van der Waals surface area contributed by atoms with E-state index in [1.807, 2.05) is 0 Å². The molecule has 0 atom stereocenters.